The van der Waals surface area contributed by atoms with Crippen molar-refractivity contribution in [1.82, 2.24) is 15.2 Å². The highest BCUT2D eigenvalue weighted by atomic mass is 16.4. The molecule has 2 saturated carbocycles. The number of nitrogens with two attached hydrogens (primary N) is 1. The average Bonchev–Trinajstić information content (AvgIpc) is 3.05. The Kier molecular flexibility index (Phi) is 3.14. The van der Waals surface area contributed by atoms with Crippen LogP contribution in [0, 0.1) is 5.92 Å². The van der Waals surface area contributed by atoms with Crippen LogP contribution in [0.2, 0.25) is 0 Å². The van der Waals surface area contributed by atoms with Gasteiger partial charge >= 0.3 is 0 Å². The molecule has 130 valence electrons. The smallest absolute Gasteiger partial charge is 0.252 e. The average molecular weight is 339 g/mol. The molecule has 3 aliphatic rings. The number of hydrogen-bond donors (Lipinski definition) is 1. The number of rotatable bonds is 4. The number of aromatic nitrogens is 3. The molecule has 1 saturated heterocycles. The molecule has 25 heavy (non-hydrogen) atoms. The van der Waals surface area contributed by atoms with E-state index in [9.17, 15) is 4.79 Å². The zero-order chi connectivity index (χ0) is 17.0. The highest BCUT2D eigenvalue weighted by Gasteiger charge is 2.54. The maximum absolute atomic E-state index is 11.8. The van der Waals surface area contributed by atoms with Crippen molar-refractivity contribution < 1.29 is 9.21 Å². The number of anilines is 1. The number of carbonyl (C=O) groups excluding carboxylic acids is 1. The fourth-order valence-corrected chi connectivity index (χ4v) is 4.61. The van der Waals surface area contributed by atoms with Crippen LogP contribution in [0.3, 0.4) is 0 Å². The lowest BCUT2D eigenvalue weighted by molar-refractivity contribution is 0.100. The van der Waals surface area contributed by atoms with Crippen LogP contribution in [0.5, 0.6) is 0 Å². The van der Waals surface area contributed by atoms with Gasteiger partial charge in [0.05, 0.1) is 16.7 Å². The van der Waals surface area contributed by atoms with Crippen LogP contribution in [0.1, 0.15) is 60.2 Å². The largest absolute Gasteiger partial charge is 0.424 e. The molecule has 2 aromatic rings. The van der Waals surface area contributed by atoms with Gasteiger partial charge in [0.15, 0.2) is 0 Å². The maximum atomic E-state index is 11.8. The van der Waals surface area contributed by atoms with Crippen molar-refractivity contribution >= 4 is 11.6 Å². The van der Waals surface area contributed by atoms with E-state index in [4.69, 9.17) is 10.2 Å². The fraction of sp³-hybridized carbons (Fsp3) is 0.556. The van der Waals surface area contributed by atoms with Crippen LogP contribution in [0.4, 0.5) is 5.69 Å². The number of nitrogens with zero attached hydrogens (tertiary/aromatic N) is 4. The van der Waals surface area contributed by atoms with Crippen LogP contribution >= 0.6 is 0 Å². The lowest BCUT2D eigenvalue weighted by Crippen LogP contribution is -2.33. The lowest BCUT2D eigenvalue weighted by atomic mass is 9.80. The second-order valence-electron chi connectivity index (χ2n) is 7.60. The Balaban J connectivity index is 1.50. The fourth-order valence-electron chi connectivity index (χ4n) is 4.61. The summed E-state index contributed by atoms with van der Waals surface area (Å²) in [5, 5.41) is 8.73. The monoisotopic (exact) mass is 339 g/mol. The number of amides is 1. The van der Waals surface area contributed by atoms with Crippen molar-refractivity contribution in [3.8, 4) is 0 Å². The summed E-state index contributed by atoms with van der Waals surface area (Å²) in [6, 6.07) is 1.87. The third kappa shape index (κ3) is 2.25. The van der Waals surface area contributed by atoms with Gasteiger partial charge in [0.1, 0.15) is 0 Å². The molecular formula is C18H21N5O2. The van der Waals surface area contributed by atoms with Crippen molar-refractivity contribution in [3.63, 3.8) is 0 Å². The van der Waals surface area contributed by atoms with Crippen molar-refractivity contribution in [2.75, 3.05) is 18.0 Å². The molecule has 7 nitrogen and oxygen atoms in total. The molecule has 3 fully saturated rings. The molecule has 0 aromatic carbocycles. The first-order valence-corrected chi connectivity index (χ1v) is 9.00. The van der Waals surface area contributed by atoms with E-state index >= 15 is 0 Å². The quantitative estimate of drug-likeness (QED) is 0.915. The molecule has 1 amide bonds. The SMILES string of the molecule is NC(=O)c1cnccc1N1C[C@@H]2CCC[C@]2(c2nnc(C3CC3)o2)C1. The number of hydrogen-bond acceptors (Lipinski definition) is 6. The van der Waals surface area contributed by atoms with Crippen LogP contribution in [-0.2, 0) is 5.41 Å². The van der Waals surface area contributed by atoms with Crippen LogP contribution < -0.4 is 10.6 Å². The predicted octanol–water partition coefficient (Wildman–Crippen LogP) is 2.00. The van der Waals surface area contributed by atoms with E-state index in [-0.39, 0.29) is 5.41 Å². The Hall–Kier alpha value is -2.44. The van der Waals surface area contributed by atoms with Crippen LogP contribution in [0.25, 0.3) is 0 Å². The van der Waals surface area contributed by atoms with Gasteiger partial charge in [0.25, 0.3) is 5.91 Å². The zero-order valence-corrected chi connectivity index (χ0v) is 14.0. The summed E-state index contributed by atoms with van der Waals surface area (Å²) in [5.74, 6) is 2.08. The summed E-state index contributed by atoms with van der Waals surface area (Å²) >= 11 is 0. The summed E-state index contributed by atoms with van der Waals surface area (Å²) < 4.78 is 6.11. The molecule has 2 aliphatic carbocycles. The molecule has 2 aromatic heterocycles. The Morgan fingerprint density at radius 1 is 1.32 bits per heavy atom. The molecule has 3 heterocycles. The Morgan fingerprint density at radius 3 is 3.00 bits per heavy atom. The Bertz CT molecular complexity index is 830. The predicted molar refractivity (Wildman–Crippen MR) is 90.3 cm³/mol. The van der Waals surface area contributed by atoms with Crippen molar-refractivity contribution in [2.45, 2.75) is 43.4 Å². The summed E-state index contributed by atoms with van der Waals surface area (Å²) in [4.78, 5) is 18.1. The first-order valence-electron chi connectivity index (χ1n) is 9.00. The van der Waals surface area contributed by atoms with E-state index in [1.165, 1.54) is 6.42 Å². The standard InChI is InChI=1S/C18H21N5O2/c19-15(24)13-8-20-7-5-14(13)23-9-12-2-1-6-18(12,10-23)17-22-21-16(25-17)11-3-4-11/h5,7-8,11-12H,1-4,6,9-10H2,(H2,19,24)/t12-,18-/m0/s1. The molecule has 2 atom stereocenters. The zero-order valence-electron chi connectivity index (χ0n) is 14.0. The molecule has 1 aliphatic heterocycles. The molecule has 0 unspecified atom stereocenters. The minimum Gasteiger partial charge on any atom is -0.424 e. The minimum absolute atomic E-state index is 0.0989. The first-order chi connectivity index (χ1) is 12.2. The van der Waals surface area contributed by atoms with Gasteiger partial charge in [-0.3, -0.25) is 9.78 Å². The lowest BCUT2D eigenvalue weighted by Gasteiger charge is -2.25. The number of pyridine rings is 1. The van der Waals surface area contributed by atoms with E-state index in [0.29, 0.717) is 17.4 Å². The highest BCUT2D eigenvalue weighted by molar-refractivity contribution is 5.98. The molecule has 0 spiro atoms. The highest BCUT2D eigenvalue weighted by Crippen LogP contribution is 2.52. The van der Waals surface area contributed by atoms with E-state index in [1.807, 2.05) is 6.07 Å². The molecular weight excluding hydrogens is 318 g/mol. The van der Waals surface area contributed by atoms with Gasteiger partial charge in [0.2, 0.25) is 11.8 Å². The minimum atomic E-state index is -0.442. The van der Waals surface area contributed by atoms with Crippen LogP contribution in [-0.4, -0.2) is 34.2 Å². The van der Waals surface area contributed by atoms with Gasteiger partial charge < -0.3 is 15.1 Å². The maximum Gasteiger partial charge on any atom is 0.252 e. The topological polar surface area (TPSA) is 98.1 Å². The summed E-state index contributed by atoms with van der Waals surface area (Å²) in [5.41, 5.74) is 6.77. The van der Waals surface area contributed by atoms with E-state index in [1.54, 1.807) is 12.4 Å². The molecule has 5 rings (SSSR count). The number of primary amides is 1. The summed E-state index contributed by atoms with van der Waals surface area (Å²) in [6.07, 6.45) is 8.95. The normalized spacial score (nSPS) is 28.3. The Morgan fingerprint density at radius 2 is 2.20 bits per heavy atom. The van der Waals surface area contributed by atoms with Gasteiger partial charge in [0, 0.05) is 31.4 Å². The van der Waals surface area contributed by atoms with Gasteiger partial charge in [-0.25, -0.2) is 0 Å². The second kappa shape index (κ2) is 5.28. The van der Waals surface area contributed by atoms with E-state index < -0.39 is 5.91 Å². The van der Waals surface area contributed by atoms with E-state index in [0.717, 1.165) is 56.2 Å². The third-order valence-corrected chi connectivity index (χ3v) is 6.07. The van der Waals surface area contributed by atoms with Crippen molar-refractivity contribution in [3.05, 3.63) is 35.8 Å². The summed E-state index contributed by atoms with van der Waals surface area (Å²) in [6.45, 7) is 1.67. The van der Waals surface area contributed by atoms with Gasteiger partial charge in [-0.15, -0.1) is 10.2 Å². The summed E-state index contributed by atoms with van der Waals surface area (Å²) in [7, 11) is 0. The van der Waals surface area contributed by atoms with Crippen LogP contribution in [0.15, 0.2) is 22.9 Å². The van der Waals surface area contributed by atoms with Gasteiger partial charge in [-0.1, -0.05) is 6.42 Å². The van der Waals surface area contributed by atoms with Gasteiger partial charge in [-0.2, -0.15) is 0 Å². The molecule has 0 bridgehead atoms. The number of fused-ring (bicyclic) bond motifs is 1. The first kappa shape index (κ1) is 14.9. The van der Waals surface area contributed by atoms with Crippen molar-refractivity contribution in [1.29, 1.82) is 0 Å². The molecule has 2 N–H and O–H groups in total. The van der Waals surface area contributed by atoms with Gasteiger partial charge in [-0.05, 0) is 37.7 Å². The second-order valence-corrected chi connectivity index (χ2v) is 7.60. The molecule has 0 radical (unpaired) electrons. The van der Waals surface area contributed by atoms with Crippen molar-refractivity contribution in [2.24, 2.45) is 11.7 Å². The molecule has 7 heteroatoms. The third-order valence-electron chi connectivity index (χ3n) is 6.07. The number of carbonyl (C=O) groups is 1. The Labute approximate surface area is 145 Å². The van der Waals surface area contributed by atoms with E-state index in [2.05, 4.69) is 20.1 Å².